The van der Waals surface area contributed by atoms with Gasteiger partial charge in [0.25, 0.3) is 5.91 Å². The molecule has 0 aromatic heterocycles. The Hall–Kier alpha value is -1.70. The fraction of sp³-hybridized carbons (Fsp3) is 0.278. The van der Waals surface area contributed by atoms with E-state index in [9.17, 15) is 4.79 Å². The molecule has 0 spiro atoms. The van der Waals surface area contributed by atoms with Gasteiger partial charge < -0.3 is 20.5 Å². The molecule has 2 aliphatic heterocycles. The number of anilines is 2. The van der Waals surface area contributed by atoms with Gasteiger partial charge in [0, 0.05) is 17.7 Å². The topological polar surface area (TPSA) is 73.6 Å². The molecule has 0 saturated carbocycles. The average molecular weight is 411 g/mol. The van der Waals surface area contributed by atoms with Gasteiger partial charge in [-0.15, -0.1) is 35.9 Å². The summed E-state index contributed by atoms with van der Waals surface area (Å²) < 4.78 is 11.1. The smallest absolute Gasteiger partial charge is 0.255 e. The van der Waals surface area contributed by atoms with Gasteiger partial charge >= 0.3 is 0 Å². The maximum absolute atomic E-state index is 12.5. The SMILES string of the molecule is Cl.Nc1cc2c(cc1NC(=O)c1ccc(C3SCCCS3)cc1)OCO2. The van der Waals surface area contributed by atoms with Crippen molar-refractivity contribution in [2.24, 2.45) is 0 Å². The number of carbonyl (C=O) groups is 1. The third-order valence-electron chi connectivity index (χ3n) is 4.07. The molecule has 2 heterocycles. The first kappa shape index (κ1) is 19.1. The van der Waals surface area contributed by atoms with Gasteiger partial charge in [-0.1, -0.05) is 12.1 Å². The van der Waals surface area contributed by atoms with Crippen molar-refractivity contribution in [3.63, 3.8) is 0 Å². The van der Waals surface area contributed by atoms with Crippen molar-refractivity contribution in [2.75, 3.05) is 29.3 Å². The van der Waals surface area contributed by atoms with Crippen LogP contribution < -0.4 is 20.5 Å². The fourth-order valence-corrected chi connectivity index (χ4v) is 5.63. The van der Waals surface area contributed by atoms with E-state index < -0.39 is 0 Å². The molecule has 5 nitrogen and oxygen atoms in total. The molecule has 2 aromatic carbocycles. The van der Waals surface area contributed by atoms with E-state index in [0.29, 0.717) is 33.0 Å². The minimum Gasteiger partial charge on any atom is -0.454 e. The highest BCUT2D eigenvalue weighted by atomic mass is 35.5. The lowest BCUT2D eigenvalue weighted by atomic mass is 10.1. The zero-order valence-electron chi connectivity index (χ0n) is 13.9. The molecule has 8 heteroatoms. The minimum absolute atomic E-state index is 0. The Kier molecular flexibility index (Phi) is 6.11. The summed E-state index contributed by atoms with van der Waals surface area (Å²) >= 11 is 3.93. The molecule has 1 fully saturated rings. The predicted octanol–water partition coefficient (Wildman–Crippen LogP) is 4.54. The van der Waals surface area contributed by atoms with E-state index in [4.69, 9.17) is 15.2 Å². The number of rotatable bonds is 3. The molecule has 0 radical (unpaired) electrons. The summed E-state index contributed by atoms with van der Waals surface area (Å²) in [7, 11) is 0. The number of hydrogen-bond donors (Lipinski definition) is 2. The number of amides is 1. The first-order chi connectivity index (χ1) is 12.2. The van der Waals surface area contributed by atoms with E-state index in [0.717, 1.165) is 0 Å². The van der Waals surface area contributed by atoms with Crippen LogP contribution in [0.1, 0.15) is 26.9 Å². The number of nitrogen functional groups attached to an aromatic ring is 1. The molecule has 3 N–H and O–H groups in total. The van der Waals surface area contributed by atoms with Crippen molar-refractivity contribution in [1.82, 2.24) is 0 Å². The number of nitrogens with two attached hydrogens (primary N) is 1. The van der Waals surface area contributed by atoms with Gasteiger partial charge in [-0.25, -0.2) is 0 Å². The normalized spacial score (nSPS) is 16.0. The highest BCUT2D eigenvalue weighted by Crippen LogP contribution is 2.43. The maximum Gasteiger partial charge on any atom is 0.255 e. The largest absolute Gasteiger partial charge is 0.454 e. The molecular formula is C18H19ClN2O3S2. The van der Waals surface area contributed by atoms with Crippen molar-refractivity contribution in [3.8, 4) is 11.5 Å². The van der Waals surface area contributed by atoms with E-state index in [1.807, 2.05) is 47.8 Å². The fourth-order valence-electron chi connectivity index (χ4n) is 2.73. The Morgan fingerprint density at radius 1 is 1.08 bits per heavy atom. The molecule has 0 atom stereocenters. The maximum atomic E-state index is 12.5. The van der Waals surface area contributed by atoms with Crippen molar-refractivity contribution < 1.29 is 14.3 Å². The van der Waals surface area contributed by atoms with Gasteiger partial charge in [-0.05, 0) is 35.6 Å². The number of nitrogens with one attached hydrogen (secondary N) is 1. The number of hydrogen-bond acceptors (Lipinski definition) is 6. The number of ether oxygens (including phenoxy) is 2. The molecule has 26 heavy (non-hydrogen) atoms. The average Bonchev–Trinajstić information content (AvgIpc) is 3.10. The first-order valence-electron chi connectivity index (χ1n) is 8.04. The minimum atomic E-state index is -0.193. The van der Waals surface area contributed by atoms with Gasteiger partial charge in [0.05, 0.1) is 16.0 Å². The lowest BCUT2D eigenvalue weighted by molar-refractivity contribution is 0.102. The molecule has 2 aliphatic rings. The van der Waals surface area contributed by atoms with Crippen LogP contribution in [0.3, 0.4) is 0 Å². The van der Waals surface area contributed by atoms with Crippen molar-refractivity contribution in [1.29, 1.82) is 0 Å². The van der Waals surface area contributed by atoms with Gasteiger partial charge in [0.1, 0.15) is 0 Å². The molecule has 0 unspecified atom stereocenters. The lowest BCUT2D eigenvalue weighted by Gasteiger charge is -2.21. The Balaban J connectivity index is 0.00000196. The van der Waals surface area contributed by atoms with Crippen LogP contribution >= 0.6 is 35.9 Å². The highest BCUT2D eigenvalue weighted by Gasteiger charge is 2.19. The van der Waals surface area contributed by atoms with E-state index in [1.165, 1.54) is 23.5 Å². The van der Waals surface area contributed by atoms with Gasteiger partial charge in [-0.3, -0.25) is 4.79 Å². The van der Waals surface area contributed by atoms with E-state index in [1.54, 1.807) is 12.1 Å². The van der Waals surface area contributed by atoms with E-state index in [2.05, 4.69) is 5.32 Å². The monoisotopic (exact) mass is 410 g/mol. The summed E-state index contributed by atoms with van der Waals surface area (Å²) in [5.74, 6) is 3.39. The summed E-state index contributed by atoms with van der Waals surface area (Å²) in [5, 5.41) is 2.85. The number of thioether (sulfide) groups is 2. The second-order valence-electron chi connectivity index (χ2n) is 5.80. The summed E-state index contributed by atoms with van der Waals surface area (Å²) in [6.07, 6.45) is 1.27. The molecule has 2 aromatic rings. The van der Waals surface area contributed by atoms with Crippen LogP contribution in [0.4, 0.5) is 11.4 Å². The van der Waals surface area contributed by atoms with Crippen molar-refractivity contribution in [2.45, 2.75) is 11.0 Å². The molecule has 0 bridgehead atoms. The number of benzene rings is 2. The van der Waals surface area contributed by atoms with Crippen LogP contribution in [0.2, 0.25) is 0 Å². The van der Waals surface area contributed by atoms with Gasteiger partial charge in [0.2, 0.25) is 6.79 Å². The van der Waals surface area contributed by atoms with Crippen LogP contribution in [0.25, 0.3) is 0 Å². The van der Waals surface area contributed by atoms with Gasteiger partial charge in [0.15, 0.2) is 11.5 Å². The molecule has 1 amide bonds. The zero-order chi connectivity index (χ0) is 17.2. The molecule has 0 aliphatic carbocycles. The van der Waals surface area contributed by atoms with Crippen LogP contribution in [-0.4, -0.2) is 24.2 Å². The third kappa shape index (κ3) is 4.00. The summed E-state index contributed by atoms with van der Waals surface area (Å²) in [6.45, 7) is 0.171. The van der Waals surface area contributed by atoms with E-state index >= 15 is 0 Å². The molecule has 4 rings (SSSR count). The zero-order valence-corrected chi connectivity index (χ0v) is 16.3. The molecular weight excluding hydrogens is 392 g/mol. The summed E-state index contributed by atoms with van der Waals surface area (Å²) in [5.41, 5.74) is 8.82. The number of halogens is 1. The standard InChI is InChI=1S/C18H18N2O3S2.ClH/c19-13-8-15-16(23-10-22-15)9-14(13)20-17(21)11-2-4-12(5-3-11)18-24-6-1-7-25-18;/h2-5,8-9,18H,1,6-7,10,19H2,(H,20,21);1H. The van der Waals surface area contributed by atoms with Crippen LogP contribution in [0, 0.1) is 0 Å². The Morgan fingerprint density at radius 2 is 1.73 bits per heavy atom. The summed E-state index contributed by atoms with van der Waals surface area (Å²) in [4.78, 5) is 12.5. The van der Waals surface area contributed by atoms with Crippen molar-refractivity contribution >= 4 is 53.2 Å². The van der Waals surface area contributed by atoms with Crippen molar-refractivity contribution in [3.05, 3.63) is 47.5 Å². The lowest BCUT2D eigenvalue weighted by Crippen LogP contribution is -2.13. The Labute approximate surface area is 166 Å². The number of carbonyl (C=O) groups excluding carboxylic acids is 1. The Bertz CT molecular complexity index is 796. The van der Waals surface area contributed by atoms with Crippen LogP contribution in [-0.2, 0) is 0 Å². The second kappa shape index (κ2) is 8.33. The number of fused-ring (bicyclic) bond motifs is 1. The van der Waals surface area contributed by atoms with E-state index in [-0.39, 0.29) is 25.1 Å². The summed E-state index contributed by atoms with van der Waals surface area (Å²) in [6, 6.07) is 11.2. The quantitative estimate of drug-likeness (QED) is 0.723. The second-order valence-corrected chi connectivity index (χ2v) is 8.52. The first-order valence-corrected chi connectivity index (χ1v) is 10.1. The van der Waals surface area contributed by atoms with Crippen LogP contribution in [0.5, 0.6) is 11.5 Å². The third-order valence-corrected chi connectivity index (χ3v) is 7.08. The Morgan fingerprint density at radius 3 is 2.42 bits per heavy atom. The molecule has 1 saturated heterocycles. The van der Waals surface area contributed by atoms with Crippen LogP contribution in [0.15, 0.2) is 36.4 Å². The highest BCUT2D eigenvalue weighted by molar-refractivity contribution is 8.16. The molecule has 138 valence electrons. The predicted molar refractivity (Wildman–Crippen MR) is 111 cm³/mol. The van der Waals surface area contributed by atoms with Gasteiger partial charge in [-0.2, -0.15) is 0 Å².